The maximum Gasteiger partial charge on any atom is 0.279 e. The predicted molar refractivity (Wildman–Crippen MR) is 95.2 cm³/mol. The average Bonchev–Trinajstić information content (AvgIpc) is 2.91. The highest BCUT2D eigenvalue weighted by Gasteiger charge is 2.16. The van der Waals surface area contributed by atoms with Crippen LogP contribution in [0.3, 0.4) is 0 Å². The summed E-state index contributed by atoms with van der Waals surface area (Å²) in [4.78, 5) is 13.0. The van der Waals surface area contributed by atoms with Crippen LogP contribution in [0, 0.1) is 6.92 Å². The monoisotopic (exact) mass is 306 g/mol. The van der Waals surface area contributed by atoms with E-state index in [0.29, 0.717) is 0 Å². The average molecular weight is 306 g/mol. The van der Waals surface area contributed by atoms with Gasteiger partial charge in [-0.3, -0.25) is 9.89 Å². The highest BCUT2D eigenvalue weighted by molar-refractivity contribution is 5.66. The Bertz CT molecular complexity index is 826. The zero-order valence-corrected chi connectivity index (χ0v) is 13.7. The lowest BCUT2D eigenvalue weighted by Crippen LogP contribution is -2.15. The molecule has 0 atom stereocenters. The molecule has 0 saturated carbocycles. The Morgan fingerprint density at radius 1 is 1.00 bits per heavy atom. The molecule has 3 rings (SSSR count). The minimum Gasteiger partial charge on any atom is -0.294 e. The molecule has 3 nitrogen and oxygen atoms in total. The third-order valence-corrected chi connectivity index (χ3v) is 4.10. The first-order valence-corrected chi connectivity index (χ1v) is 8.17. The highest BCUT2D eigenvalue weighted by atomic mass is 16.1. The molecule has 3 aromatic rings. The van der Waals surface area contributed by atoms with Crippen molar-refractivity contribution in [2.45, 2.75) is 33.1 Å². The molecule has 0 unspecified atom stereocenters. The van der Waals surface area contributed by atoms with Crippen molar-refractivity contribution in [1.29, 1.82) is 0 Å². The third-order valence-electron chi connectivity index (χ3n) is 4.10. The van der Waals surface area contributed by atoms with Gasteiger partial charge in [0.2, 0.25) is 0 Å². The molecule has 0 fully saturated rings. The Labute approximate surface area is 136 Å². The number of H-pyrrole nitrogens is 1. The third kappa shape index (κ3) is 3.14. The van der Waals surface area contributed by atoms with E-state index >= 15 is 0 Å². The van der Waals surface area contributed by atoms with Crippen LogP contribution in [0.2, 0.25) is 0 Å². The second-order valence-electron chi connectivity index (χ2n) is 5.91. The molecule has 118 valence electrons. The van der Waals surface area contributed by atoms with E-state index in [4.69, 9.17) is 0 Å². The molecule has 2 aromatic carbocycles. The van der Waals surface area contributed by atoms with Crippen molar-refractivity contribution in [1.82, 2.24) is 9.78 Å². The van der Waals surface area contributed by atoms with E-state index in [1.165, 1.54) is 5.56 Å². The summed E-state index contributed by atoms with van der Waals surface area (Å²) in [5, 5.41) is 3.32. The molecule has 23 heavy (non-hydrogen) atoms. The Morgan fingerprint density at radius 3 is 2.35 bits per heavy atom. The molecule has 0 aliphatic rings. The quantitative estimate of drug-likeness (QED) is 0.741. The van der Waals surface area contributed by atoms with Crippen molar-refractivity contribution in [2.75, 3.05) is 0 Å². The maximum absolute atomic E-state index is 13.0. The summed E-state index contributed by atoms with van der Waals surface area (Å²) in [5.74, 6) is 0. The molecular formula is C20H22N2O. The standard InChI is InChI=1S/C20H22N2O/c1-3-4-10-18-19(16-13-11-15(2)12-14-16)20(23)22(21-18)17-8-6-5-7-9-17/h5-9,11-14,21H,3-4,10H2,1-2H3. The number of aromatic amines is 1. The van der Waals surface area contributed by atoms with E-state index in [-0.39, 0.29) is 5.56 Å². The van der Waals surface area contributed by atoms with Gasteiger partial charge in [0.25, 0.3) is 5.56 Å². The lowest BCUT2D eigenvalue weighted by Gasteiger charge is -2.02. The van der Waals surface area contributed by atoms with Crippen LogP contribution in [-0.2, 0) is 6.42 Å². The number of unbranched alkanes of at least 4 members (excludes halogenated alkanes) is 1. The minimum atomic E-state index is 0.0196. The molecule has 3 heteroatoms. The number of hydrogen-bond acceptors (Lipinski definition) is 1. The maximum atomic E-state index is 13.0. The van der Waals surface area contributed by atoms with Crippen LogP contribution in [0.25, 0.3) is 16.8 Å². The zero-order valence-electron chi connectivity index (χ0n) is 13.7. The van der Waals surface area contributed by atoms with E-state index in [1.807, 2.05) is 42.5 Å². The number of nitrogens with zero attached hydrogens (tertiary/aromatic N) is 1. The van der Waals surface area contributed by atoms with Crippen molar-refractivity contribution < 1.29 is 0 Å². The molecule has 0 aliphatic carbocycles. The molecule has 0 spiro atoms. The number of hydrogen-bond donors (Lipinski definition) is 1. The molecule has 1 heterocycles. The largest absolute Gasteiger partial charge is 0.294 e. The summed E-state index contributed by atoms with van der Waals surface area (Å²) in [7, 11) is 0. The highest BCUT2D eigenvalue weighted by Crippen LogP contribution is 2.22. The van der Waals surface area contributed by atoms with Gasteiger partial charge in [-0.25, -0.2) is 4.68 Å². The summed E-state index contributed by atoms with van der Waals surface area (Å²) in [6.07, 6.45) is 3.05. The zero-order chi connectivity index (χ0) is 16.2. The van der Waals surface area contributed by atoms with Crippen LogP contribution in [0.4, 0.5) is 0 Å². The number of aromatic nitrogens is 2. The van der Waals surface area contributed by atoms with E-state index < -0.39 is 0 Å². The van der Waals surface area contributed by atoms with E-state index in [1.54, 1.807) is 4.68 Å². The molecular weight excluding hydrogens is 284 g/mol. The topological polar surface area (TPSA) is 37.8 Å². The SMILES string of the molecule is CCCCc1[nH]n(-c2ccccc2)c(=O)c1-c1ccc(C)cc1. The van der Waals surface area contributed by atoms with Gasteiger partial charge in [-0.15, -0.1) is 0 Å². The second-order valence-corrected chi connectivity index (χ2v) is 5.91. The van der Waals surface area contributed by atoms with Crippen LogP contribution < -0.4 is 5.56 Å². The number of nitrogens with one attached hydrogen (secondary N) is 1. The Balaban J connectivity index is 2.14. The van der Waals surface area contributed by atoms with E-state index in [2.05, 4.69) is 31.1 Å². The van der Waals surface area contributed by atoms with Gasteiger partial charge < -0.3 is 0 Å². The van der Waals surface area contributed by atoms with Crippen LogP contribution in [0.5, 0.6) is 0 Å². The van der Waals surface area contributed by atoms with Gasteiger partial charge in [-0.1, -0.05) is 61.4 Å². The molecule has 0 amide bonds. The molecule has 0 aliphatic heterocycles. The first kappa shape index (κ1) is 15.3. The molecule has 1 N–H and O–H groups in total. The molecule has 0 saturated heterocycles. The number of aryl methyl sites for hydroxylation is 2. The lowest BCUT2D eigenvalue weighted by atomic mass is 10.0. The van der Waals surface area contributed by atoms with Crippen LogP contribution in [-0.4, -0.2) is 9.78 Å². The van der Waals surface area contributed by atoms with Crippen molar-refractivity contribution >= 4 is 0 Å². The predicted octanol–water partition coefficient (Wildman–Crippen LogP) is 4.48. The van der Waals surface area contributed by atoms with Crippen LogP contribution in [0.1, 0.15) is 31.0 Å². The van der Waals surface area contributed by atoms with Gasteiger partial charge >= 0.3 is 0 Å². The summed E-state index contributed by atoms with van der Waals surface area (Å²) in [6, 6.07) is 17.9. The Morgan fingerprint density at radius 2 is 1.70 bits per heavy atom. The van der Waals surface area contributed by atoms with Gasteiger partial charge in [0.05, 0.1) is 11.3 Å². The smallest absolute Gasteiger partial charge is 0.279 e. The first-order chi connectivity index (χ1) is 11.2. The van der Waals surface area contributed by atoms with E-state index in [0.717, 1.165) is 41.8 Å². The van der Waals surface area contributed by atoms with Gasteiger partial charge in [0.1, 0.15) is 0 Å². The number of rotatable bonds is 5. The van der Waals surface area contributed by atoms with Gasteiger partial charge in [-0.2, -0.15) is 0 Å². The lowest BCUT2D eigenvalue weighted by molar-refractivity contribution is 0.748. The summed E-state index contributed by atoms with van der Waals surface area (Å²) >= 11 is 0. The van der Waals surface area contributed by atoms with E-state index in [9.17, 15) is 4.79 Å². The number of benzene rings is 2. The molecule has 0 radical (unpaired) electrons. The second kappa shape index (κ2) is 6.69. The van der Waals surface area contributed by atoms with Crippen molar-refractivity contribution in [3.05, 3.63) is 76.2 Å². The molecule has 1 aromatic heterocycles. The van der Waals surface area contributed by atoms with Crippen molar-refractivity contribution in [3.8, 4) is 16.8 Å². The number of para-hydroxylation sites is 1. The van der Waals surface area contributed by atoms with Gasteiger partial charge in [0, 0.05) is 5.69 Å². The van der Waals surface area contributed by atoms with Crippen molar-refractivity contribution in [3.63, 3.8) is 0 Å². The van der Waals surface area contributed by atoms with Gasteiger partial charge in [-0.05, 0) is 37.5 Å². The molecule has 0 bridgehead atoms. The van der Waals surface area contributed by atoms with Gasteiger partial charge in [0.15, 0.2) is 0 Å². The fraction of sp³-hybridized carbons (Fsp3) is 0.250. The van der Waals surface area contributed by atoms with Crippen LogP contribution >= 0.6 is 0 Å². The summed E-state index contributed by atoms with van der Waals surface area (Å²) in [5.41, 5.74) is 4.88. The van der Waals surface area contributed by atoms with Crippen LogP contribution in [0.15, 0.2) is 59.4 Å². The van der Waals surface area contributed by atoms with Crippen molar-refractivity contribution in [2.24, 2.45) is 0 Å². The first-order valence-electron chi connectivity index (χ1n) is 8.17. The fourth-order valence-electron chi connectivity index (χ4n) is 2.79. The summed E-state index contributed by atoms with van der Waals surface area (Å²) < 4.78 is 1.65. The summed E-state index contributed by atoms with van der Waals surface area (Å²) in [6.45, 7) is 4.22. The Kier molecular flexibility index (Phi) is 4.47. The Hall–Kier alpha value is -2.55. The normalized spacial score (nSPS) is 10.9. The fourth-order valence-corrected chi connectivity index (χ4v) is 2.79. The minimum absolute atomic E-state index is 0.0196.